The Morgan fingerprint density at radius 1 is 1.05 bits per heavy atom. The molecule has 3 rings (SSSR count). The van der Waals surface area contributed by atoms with Gasteiger partial charge < -0.3 is 11.1 Å². The predicted molar refractivity (Wildman–Crippen MR) is 76.2 cm³/mol. The first-order chi connectivity index (χ1) is 9.22. The maximum atomic E-state index is 5.62. The van der Waals surface area contributed by atoms with Crippen molar-refractivity contribution in [2.24, 2.45) is 0 Å². The number of pyridine rings is 1. The lowest BCUT2D eigenvalue weighted by molar-refractivity contribution is 1.20. The number of aromatic nitrogens is 3. The van der Waals surface area contributed by atoms with E-state index in [1.807, 2.05) is 37.3 Å². The number of benzene rings is 1. The van der Waals surface area contributed by atoms with Crippen LogP contribution in [0.1, 0.15) is 5.69 Å². The SMILES string of the molecule is Cc1ccc2cccc(Nc3cncc(N)n3)c2n1. The molecular weight excluding hydrogens is 238 g/mol. The highest BCUT2D eigenvalue weighted by Gasteiger charge is 2.04. The van der Waals surface area contributed by atoms with E-state index < -0.39 is 0 Å². The molecule has 0 amide bonds. The minimum absolute atomic E-state index is 0.384. The van der Waals surface area contributed by atoms with Gasteiger partial charge in [0.1, 0.15) is 5.82 Å². The third-order valence-corrected chi connectivity index (χ3v) is 2.78. The minimum Gasteiger partial charge on any atom is -0.382 e. The number of nitrogens with zero attached hydrogens (tertiary/aromatic N) is 3. The van der Waals surface area contributed by atoms with Crippen LogP contribution >= 0.6 is 0 Å². The summed E-state index contributed by atoms with van der Waals surface area (Å²) in [6.07, 6.45) is 3.14. The van der Waals surface area contributed by atoms with Gasteiger partial charge in [-0.2, -0.15) is 0 Å². The van der Waals surface area contributed by atoms with Gasteiger partial charge in [-0.15, -0.1) is 0 Å². The van der Waals surface area contributed by atoms with Gasteiger partial charge >= 0.3 is 0 Å². The number of aryl methyl sites for hydroxylation is 1. The molecule has 0 aliphatic rings. The molecule has 94 valence electrons. The van der Waals surface area contributed by atoms with E-state index in [0.717, 1.165) is 22.3 Å². The number of hydrogen-bond donors (Lipinski definition) is 2. The molecule has 0 saturated heterocycles. The second-order valence-electron chi connectivity index (χ2n) is 4.28. The predicted octanol–water partition coefficient (Wildman–Crippen LogP) is 2.66. The van der Waals surface area contributed by atoms with Crippen molar-refractivity contribution >= 4 is 28.2 Å². The Kier molecular flexibility index (Phi) is 2.72. The van der Waals surface area contributed by atoms with Crippen molar-refractivity contribution in [3.8, 4) is 0 Å². The largest absolute Gasteiger partial charge is 0.382 e. The van der Waals surface area contributed by atoms with E-state index in [4.69, 9.17) is 5.73 Å². The van der Waals surface area contributed by atoms with Gasteiger partial charge in [0.05, 0.1) is 23.6 Å². The summed E-state index contributed by atoms with van der Waals surface area (Å²) in [7, 11) is 0. The van der Waals surface area contributed by atoms with Crippen molar-refractivity contribution in [3.05, 3.63) is 48.4 Å². The van der Waals surface area contributed by atoms with E-state index in [-0.39, 0.29) is 0 Å². The van der Waals surface area contributed by atoms with Gasteiger partial charge in [-0.25, -0.2) is 4.98 Å². The zero-order valence-corrected chi connectivity index (χ0v) is 10.5. The monoisotopic (exact) mass is 251 g/mol. The van der Waals surface area contributed by atoms with Crippen molar-refractivity contribution in [2.45, 2.75) is 6.92 Å². The van der Waals surface area contributed by atoms with Crippen LogP contribution in [0.4, 0.5) is 17.3 Å². The fourth-order valence-electron chi connectivity index (χ4n) is 1.92. The van der Waals surface area contributed by atoms with Crippen LogP contribution in [-0.4, -0.2) is 15.0 Å². The molecule has 0 saturated carbocycles. The van der Waals surface area contributed by atoms with Gasteiger partial charge in [-0.1, -0.05) is 18.2 Å². The molecule has 2 heterocycles. The molecule has 2 aromatic heterocycles. The molecule has 5 heteroatoms. The third-order valence-electron chi connectivity index (χ3n) is 2.78. The highest BCUT2D eigenvalue weighted by molar-refractivity contribution is 5.91. The first-order valence-corrected chi connectivity index (χ1v) is 5.93. The van der Waals surface area contributed by atoms with E-state index in [1.54, 1.807) is 6.20 Å². The van der Waals surface area contributed by atoms with Gasteiger partial charge in [-0.3, -0.25) is 9.97 Å². The lowest BCUT2D eigenvalue weighted by Crippen LogP contribution is -1.99. The normalized spacial score (nSPS) is 10.6. The molecule has 3 N–H and O–H groups in total. The molecule has 1 aromatic carbocycles. The Bertz CT molecular complexity index is 739. The second-order valence-corrected chi connectivity index (χ2v) is 4.28. The van der Waals surface area contributed by atoms with E-state index in [2.05, 4.69) is 20.3 Å². The number of rotatable bonds is 2. The van der Waals surface area contributed by atoms with Crippen LogP contribution < -0.4 is 11.1 Å². The highest BCUT2D eigenvalue weighted by atomic mass is 15.0. The number of nitrogens with one attached hydrogen (secondary N) is 1. The molecule has 0 atom stereocenters. The Labute approximate surface area is 110 Å². The second kappa shape index (κ2) is 4.53. The van der Waals surface area contributed by atoms with Crippen LogP contribution in [0.2, 0.25) is 0 Å². The summed E-state index contributed by atoms with van der Waals surface area (Å²) in [4.78, 5) is 12.7. The third kappa shape index (κ3) is 2.30. The molecule has 5 nitrogen and oxygen atoms in total. The summed E-state index contributed by atoms with van der Waals surface area (Å²) in [6, 6.07) is 10.00. The van der Waals surface area contributed by atoms with Crippen LogP contribution in [0, 0.1) is 6.92 Å². The standard InChI is InChI=1S/C14H13N5/c1-9-5-6-10-3-2-4-11(14(10)17-9)18-13-8-16-7-12(15)19-13/h2-8H,1H3,(H3,15,18,19). The fourth-order valence-corrected chi connectivity index (χ4v) is 1.92. The average molecular weight is 251 g/mol. The number of anilines is 3. The molecular formula is C14H13N5. The van der Waals surface area contributed by atoms with Crippen molar-refractivity contribution in [1.29, 1.82) is 0 Å². The summed E-state index contributed by atoms with van der Waals surface area (Å²) >= 11 is 0. The molecule has 0 unspecified atom stereocenters. The summed E-state index contributed by atoms with van der Waals surface area (Å²) < 4.78 is 0. The zero-order valence-electron chi connectivity index (χ0n) is 10.5. The van der Waals surface area contributed by atoms with Crippen LogP contribution in [0.5, 0.6) is 0 Å². The van der Waals surface area contributed by atoms with Crippen molar-refractivity contribution in [1.82, 2.24) is 15.0 Å². The summed E-state index contributed by atoms with van der Waals surface area (Å²) in [5.74, 6) is 0.991. The first kappa shape index (κ1) is 11.4. The molecule has 0 aliphatic carbocycles. The maximum absolute atomic E-state index is 5.62. The Morgan fingerprint density at radius 3 is 2.79 bits per heavy atom. The zero-order chi connectivity index (χ0) is 13.2. The summed E-state index contributed by atoms with van der Waals surface area (Å²) in [5, 5.41) is 4.28. The van der Waals surface area contributed by atoms with Crippen molar-refractivity contribution < 1.29 is 0 Å². The van der Waals surface area contributed by atoms with Gasteiger partial charge in [0.25, 0.3) is 0 Å². The number of fused-ring (bicyclic) bond motifs is 1. The molecule has 0 spiro atoms. The van der Waals surface area contributed by atoms with Gasteiger partial charge in [0, 0.05) is 11.1 Å². The lowest BCUT2D eigenvalue weighted by Gasteiger charge is -2.09. The number of nitrogens with two attached hydrogens (primary N) is 1. The van der Waals surface area contributed by atoms with E-state index in [9.17, 15) is 0 Å². The molecule has 3 aromatic rings. The number of hydrogen-bond acceptors (Lipinski definition) is 5. The van der Waals surface area contributed by atoms with Crippen LogP contribution in [0.3, 0.4) is 0 Å². The van der Waals surface area contributed by atoms with Crippen LogP contribution in [0.25, 0.3) is 10.9 Å². The maximum Gasteiger partial charge on any atom is 0.151 e. The first-order valence-electron chi connectivity index (χ1n) is 5.93. The topological polar surface area (TPSA) is 76.7 Å². The highest BCUT2D eigenvalue weighted by Crippen LogP contribution is 2.24. The van der Waals surface area contributed by atoms with Gasteiger partial charge in [0.2, 0.25) is 0 Å². The minimum atomic E-state index is 0.384. The Morgan fingerprint density at radius 2 is 1.95 bits per heavy atom. The van der Waals surface area contributed by atoms with Crippen molar-refractivity contribution in [2.75, 3.05) is 11.1 Å². The quantitative estimate of drug-likeness (QED) is 0.732. The lowest BCUT2D eigenvalue weighted by atomic mass is 10.2. The summed E-state index contributed by atoms with van der Waals surface area (Å²) in [5.41, 5.74) is 8.39. The van der Waals surface area contributed by atoms with Gasteiger partial charge in [0.15, 0.2) is 5.82 Å². The van der Waals surface area contributed by atoms with E-state index in [1.165, 1.54) is 6.20 Å². The molecule has 0 aliphatic heterocycles. The molecule has 0 fully saturated rings. The number of nitrogen functional groups attached to an aromatic ring is 1. The Hall–Kier alpha value is -2.69. The number of para-hydroxylation sites is 1. The fraction of sp³-hybridized carbons (Fsp3) is 0.0714. The summed E-state index contributed by atoms with van der Waals surface area (Å²) in [6.45, 7) is 1.97. The Balaban J connectivity index is 2.07. The molecule has 0 radical (unpaired) electrons. The molecule has 0 bridgehead atoms. The van der Waals surface area contributed by atoms with E-state index in [0.29, 0.717) is 11.6 Å². The smallest absolute Gasteiger partial charge is 0.151 e. The van der Waals surface area contributed by atoms with Gasteiger partial charge in [-0.05, 0) is 19.1 Å². The van der Waals surface area contributed by atoms with Crippen LogP contribution in [0.15, 0.2) is 42.7 Å². The average Bonchev–Trinajstić information content (AvgIpc) is 2.39. The van der Waals surface area contributed by atoms with Crippen LogP contribution in [-0.2, 0) is 0 Å². The molecule has 19 heavy (non-hydrogen) atoms. The van der Waals surface area contributed by atoms with Crippen molar-refractivity contribution in [3.63, 3.8) is 0 Å². The van der Waals surface area contributed by atoms with E-state index >= 15 is 0 Å².